The van der Waals surface area contributed by atoms with Crippen LogP contribution in [0.15, 0.2) is 59.2 Å². The Hall–Kier alpha value is -1.98. The summed E-state index contributed by atoms with van der Waals surface area (Å²) < 4.78 is 2.59. The molecule has 3 aromatic rings. The van der Waals surface area contributed by atoms with Gasteiger partial charge in [0.2, 0.25) is 0 Å². The first kappa shape index (κ1) is 14.0. The summed E-state index contributed by atoms with van der Waals surface area (Å²) in [4.78, 5) is 0. The molecular weight excluding hydrogens is 330 g/mol. The lowest BCUT2D eigenvalue weighted by Crippen LogP contribution is -2.09. The summed E-state index contributed by atoms with van der Waals surface area (Å²) in [6, 6.07) is 15.5. The molecule has 0 spiro atoms. The van der Waals surface area contributed by atoms with Gasteiger partial charge in [-0.25, -0.2) is 4.68 Å². The van der Waals surface area contributed by atoms with Crippen molar-refractivity contribution in [3.05, 3.63) is 76.0 Å². The predicted octanol–water partition coefficient (Wildman–Crippen LogP) is 3.42. The van der Waals surface area contributed by atoms with E-state index in [2.05, 4.69) is 26.2 Å². The zero-order chi connectivity index (χ0) is 14.8. The monoisotopic (exact) mass is 343 g/mol. The Balaban J connectivity index is 2.06. The van der Waals surface area contributed by atoms with E-state index in [4.69, 9.17) is 0 Å². The number of rotatable bonds is 3. The first-order valence-electron chi connectivity index (χ1n) is 6.57. The van der Waals surface area contributed by atoms with Crippen LogP contribution >= 0.6 is 15.9 Å². The van der Waals surface area contributed by atoms with Crippen molar-refractivity contribution in [3.8, 4) is 5.69 Å². The van der Waals surface area contributed by atoms with Crippen molar-refractivity contribution in [2.45, 2.75) is 13.0 Å². The fourth-order valence-corrected chi connectivity index (χ4v) is 2.64. The molecule has 5 heteroatoms. The Morgan fingerprint density at radius 3 is 2.67 bits per heavy atom. The van der Waals surface area contributed by atoms with Crippen LogP contribution in [0, 0.1) is 6.92 Å². The maximum Gasteiger partial charge on any atom is 0.123 e. The Kier molecular flexibility index (Phi) is 3.86. The quantitative estimate of drug-likeness (QED) is 0.792. The van der Waals surface area contributed by atoms with Gasteiger partial charge in [-0.05, 0) is 42.3 Å². The van der Waals surface area contributed by atoms with Crippen LogP contribution in [-0.2, 0) is 0 Å². The van der Waals surface area contributed by atoms with Gasteiger partial charge in [0, 0.05) is 4.47 Å². The number of para-hydroxylation sites is 1. The zero-order valence-corrected chi connectivity index (χ0v) is 13.0. The molecule has 4 nitrogen and oxygen atoms in total. The summed E-state index contributed by atoms with van der Waals surface area (Å²) in [6.07, 6.45) is 0.815. The molecule has 3 rings (SSSR count). The van der Waals surface area contributed by atoms with Crippen LogP contribution in [0.1, 0.15) is 22.9 Å². The molecule has 0 radical (unpaired) electrons. The van der Waals surface area contributed by atoms with Crippen molar-refractivity contribution in [2.75, 3.05) is 0 Å². The fourth-order valence-electron chi connectivity index (χ4n) is 2.26. The highest BCUT2D eigenvalue weighted by Gasteiger charge is 2.19. The molecule has 0 aliphatic heterocycles. The normalized spacial score (nSPS) is 12.3. The van der Waals surface area contributed by atoms with Crippen LogP contribution in [0.25, 0.3) is 5.69 Å². The molecule has 0 saturated heterocycles. The lowest BCUT2D eigenvalue weighted by molar-refractivity contribution is 0.211. The molecule has 0 aliphatic rings. The van der Waals surface area contributed by atoms with E-state index in [-0.39, 0.29) is 0 Å². The molecule has 0 fully saturated rings. The molecule has 1 atom stereocenters. The van der Waals surface area contributed by atoms with E-state index in [1.807, 2.05) is 55.5 Å². The highest BCUT2D eigenvalue weighted by Crippen LogP contribution is 2.28. The molecule has 1 unspecified atom stereocenters. The first-order valence-corrected chi connectivity index (χ1v) is 7.36. The highest BCUT2D eigenvalue weighted by atomic mass is 79.9. The van der Waals surface area contributed by atoms with Crippen molar-refractivity contribution in [3.63, 3.8) is 0 Å². The maximum absolute atomic E-state index is 10.7. The number of halogens is 1. The van der Waals surface area contributed by atoms with E-state index in [0.29, 0.717) is 5.69 Å². The Labute approximate surface area is 131 Å². The van der Waals surface area contributed by atoms with E-state index in [9.17, 15) is 5.11 Å². The van der Waals surface area contributed by atoms with E-state index in [1.165, 1.54) is 0 Å². The summed E-state index contributed by atoms with van der Waals surface area (Å²) in [6.45, 7) is 1.97. The van der Waals surface area contributed by atoms with Gasteiger partial charge in [-0.2, -0.15) is 0 Å². The molecule has 2 aromatic carbocycles. The van der Waals surface area contributed by atoms with Gasteiger partial charge >= 0.3 is 0 Å². The molecule has 106 valence electrons. The predicted molar refractivity (Wildman–Crippen MR) is 84.3 cm³/mol. The minimum atomic E-state index is -0.780. The highest BCUT2D eigenvalue weighted by molar-refractivity contribution is 9.10. The molecule has 0 bridgehead atoms. The molecule has 1 heterocycles. The largest absolute Gasteiger partial charge is 0.382 e. The summed E-state index contributed by atoms with van der Waals surface area (Å²) in [5.74, 6) is 0. The van der Waals surface area contributed by atoms with Crippen LogP contribution in [0.3, 0.4) is 0 Å². The van der Waals surface area contributed by atoms with E-state index >= 15 is 0 Å². The van der Waals surface area contributed by atoms with Crippen LogP contribution < -0.4 is 0 Å². The van der Waals surface area contributed by atoms with Gasteiger partial charge in [-0.15, -0.1) is 5.10 Å². The molecule has 0 aliphatic carbocycles. The van der Waals surface area contributed by atoms with Gasteiger partial charge in [0.25, 0.3) is 0 Å². The average molecular weight is 344 g/mol. The molecule has 1 N–H and O–H groups in total. The SMILES string of the molecule is Cc1ccc(Br)cc1C(O)c1cnnn1-c1ccccc1. The molecular formula is C16H14BrN3O. The first-order chi connectivity index (χ1) is 10.2. The summed E-state index contributed by atoms with van der Waals surface area (Å²) in [5.41, 5.74) is 3.37. The summed E-state index contributed by atoms with van der Waals surface area (Å²) in [5, 5.41) is 18.7. The summed E-state index contributed by atoms with van der Waals surface area (Å²) in [7, 11) is 0. The van der Waals surface area contributed by atoms with Gasteiger partial charge in [-0.3, -0.25) is 0 Å². The standard InChI is InChI=1S/C16H14BrN3O/c1-11-7-8-12(17)9-14(11)16(21)15-10-18-19-20(15)13-5-3-2-4-6-13/h2-10,16,21H,1H3. The number of benzene rings is 2. The van der Waals surface area contributed by atoms with Crippen LogP contribution in [0.2, 0.25) is 0 Å². The number of nitrogens with zero attached hydrogens (tertiary/aromatic N) is 3. The molecule has 0 amide bonds. The second-order valence-electron chi connectivity index (χ2n) is 4.81. The third-order valence-electron chi connectivity index (χ3n) is 3.39. The van der Waals surface area contributed by atoms with Gasteiger partial charge in [-0.1, -0.05) is 45.4 Å². The van der Waals surface area contributed by atoms with Gasteiger partial charge in [0.15, 0.2) is 0 Å². The number of hydrogen-bond acceptors (Lipinski definition) is 3. The smallest absolute Gasteiger partial charge is 0.123 e. The van der Waals surface area contributed by atoms with Crippen molar-refractivity contribution in [2.24, 2.45) is 0 Å². The molecule has 0 saturated carbocycles. The summed E-state index contributed by atoms with van der Waals surface area (Å²) >= 11 is 3.44. The van der Waals surface area contributed by atoms with E-state index in [0.717, 1.165) is 21.3 Å². The van der Waals surface area contributed by atoms with Crippen molar-refractivity contribution < 1.29 is 5.11 Å². The van der Waals surface area contributed by atoms with E-state index < -0.39 is 6.10 Å². The van der Waals surface area contributed by atoms with Crippen molar-refractivity contribution in [1.82, 2.24) is 15.0 Å². The third-order valence-corrected chi connectivity index (χ3v) is 3.89. The number of aliphatic hydroxyl groups excluding tert-OH is 1. The van der Waals surface area contributed by atoms with Gasteiger partial charge in [0.1, 0.15) is 6.10 Å². The topological polar surface area (TPSA) is 50.9 Å². The van der Waals surface area contributed by atoms with E-state index in [1.54, 1.807) is 10.9 Å². The third kappa shape index (κ3) is 2.75. The Morgan fingerprint density at radius 2 is 1.90 bits per heavy atom. The number of aliphatic hydroxyl groups is 1. The number of aromatic nitrogens is 3. The van der Waals surface area contributed by atoms with Gasteiger partial charge in [0.05, 0.1) is 17.6 Å². The van der Waals surface area contributed by atoms with Crippen LogP contribution in [-0.4, -0.2) is 20.1 Å². The second kappa shape index (κ2) is 5.79. The van der Waals surface area contributed by atoms with Crippen molar-refractivity contribution in [1.29, 1.82) is 0 Å². The number of hydrogen-bond donors (Lipinski definition) is 1. The Morgan fingerprint density at radius 1 is 1.14 bits per heavy atom. The molecule has 1 aromatic heterocycles. The minimum Gasteiger partial charge on any atom is -0.382 e. The van der Waals surface area contributed by atoms with Crippen molar-refractivity contribution >= 4 is 15.9 Å². The van der Waals surface area contributed by atoms with Crippen LogP contribution in [0.4, 0.5) is 0 Å². The second-order valence-corrected chi connectivity index (χ2v) is 5.73. The lowest BCUT2D eigenvalue weighted by atomic mass is 10.0. The fraction of sp³-hybridized carbons (Fsp3) is 0.125. The average Bonchev–Trinajstić information content (AvgIpc) is 2.99. The minimum absolute atomic E-state index is 0.641. The zero-order valence-electron chi connectivity index (χ0n) is 11.4. The number of aryl methyl sites for hydroxylation is 1. The maximum atomic E-state index is 10.7. The lowest BCUT2D eigenvalue weighted by Gasteiger charge is -2.15. The van der Waals surface area contributed by atoms with Gasteiger partial charge < -0.3 is 5.11 Å². The van der Waals surface area contributed by atoms with Crippen LogP contribution in [0.5, 0.6) is 0 Å². The Bertz CT molecular complexity index is 755. The molecule has 21 heavy (non-hydrogen) atoms.